The molecule has 1 saturated heterocycles. The third kappa shape index (κ3) is 3.62. The Morgan fingerprint density at radius 3 is 2.43 bits per heavy atom. The van der Waals surface area contributed by atoms with Gasteiger partial charge >= 0.3 is 0 Å². The molecule has 1 heterocycles. The van der Waals surface area contributed by atoms with Crippen LogP contribution < -0.4 is 10.6 Å². The average molecular weight is 315 g/mol. The van der Waals surface area contributed by atoms with Gasteiger partial charge in [0.2, 0.25) is 5.91 Å². The molecule has 1 amide bonds. The predicted octanol–water partition coefficient (Wildman–Crippen LogP) is 3.06. The average Bonchev–Trinajstić information content (AvgIpc) is 2.62. The number of benzene rings is 1. The van der Waals surface area contributed by atoms with Crippen LogP contribution >= 0.6 is 0 Å². The second kappa shape index (κ2) is 7.24. The number of nitrogens with zero attached hydrogens (tertiary/aromatic N) is 2. The lowest BCUT2D eigenvalue weighted by molar-refractivity contribution is -0.136. The molecular formula is C19H29N3O. The summed E-state index contributed by atoms with van der Waals surface area (Å²) in [5, 5.41) is 0. The molecule has 0 atom stereocenters. The summed E-state index contributed by atoms with van der Waals surface area (Å²) in [5.41, 5.74) is 9.39. The standard InChI is InChI=1S/C19H29N3O/c1-2-15-8-9-17(14-18(15)20)21-10-12-22(13-11-21)19(23)16-6-4-3-5-7-16/h8-9,14,16H,2-7,10-13,20H2,1H3. The number of hydrogen-bond donors (Lipinski definition) is 1. The van der Waals surface area contributed by atoms with Crippen molar-refractivity contribution in [3.63, 3.8) is 0 Å². The summed E-state index contributed by atoms with van der Waals surface area (Å²) in [7, 11) is 0. The lowest BCUT2D eigenvalue weighted by Crippen LogP contribution is -2.50. The van der Waals surface area contributed by atoms with Crippen molar-refractivity contribution in [3.8, 4) is 0 Å². The summed E-state index contributed by atoms with van der Waals surface area (Å²) < 4.78 is 0. The number of anilines is 2. The highest BCUT2D eigenvalue weighted by Crippen LogP contribution is 2.27. The van der Waals surface area contributed by atoms with Crippen LogP contribution in [0.25, 0.3) is 0 Å². The van der Waals surface area contributed by atoms with Crippen LogP contribution in [0.5, 0.6) is 0 Å². The van der Waals surface area contributed by atoms with Crippen LogP contribution in [0.2, 0.25) is 0 Å². The maximum Gasteiger partial charge on any atom is 0.225 e. The summed E-state index contributed by atoms with van der Waals surface area (Å²) in [6.07, 6.45) is 6.89. The topological polar surface area (TPSA) is 49.6 Å². The van der Waals surface area contributed by atoms with Crippen LogP contribution in [-0.2, 0) is 11.2 Å². The molecule has 126 valence electrons. The van der Waals surface area contributed by atoms with Crippen molar-refractivity contribution in [1.29, 1.82) is 0 Å². The van der Waals surface area contributed by atoms with Crippen LogP contribution in [0.4, 0.5) is 11.4 Å². The number of amides is 1. The fourth-order valence-corrected chi connectivity index (χ4v) is 3.89. The van der Waals surface area contributed by atoms with E-state index in [1.54, 1.807) is 0 Å². The fourth-order valence-electron chi connectivity index (χ4n) is 3.89. The molecule has 0 unspecified atom stereocenters. The first-order valence-corrected chi connectivity index (χ1v) is 9.11. The van der Waals surface area contributed by atoms with E-state index in [1.165, 1.54) is 30.5 Å². The van der Waals surface area contributed by atoms with Crippen molar-refractivity contribution in [3.05, 3.63) is 23.8 Å². The van der Waals surface area contributed by atoms with Gasteiger partial charge in [0, 0.05) is 43.5 Å². The second-order valence-electron chi connectivity index (χ2n) is 6.88. The summed E-state index contributed by atoms with van der Waals surface area (Å²) in [6.45, 7) is 5.61. The van der Waals surface area contributed by atoms with Gasteiger partial charge in [0.25, 0.3) is 0 Å². The molecule has 4 nitrogen and oxygen atoms in total. The van der Waals surface area contributed by atoms with Gasteiger partial charge in [-0.15, -0.1) is 0 Å². The molecule has 0 radical (unpaired) electrons. The van der Waals surface area contributed by atoms with E-state index in [9.17, 15) is 4.79 Å². The van der Waals surface area contributed by atoms with Gasteiger partial charge in [-0.1, -0.05) is 32.3 Å². The monoisotopic (exact) mass is 315 g/mol. The maximum atomic E-state index is 12.6. The number of aryl methyl sites for hydroxylation is 1. The Morgan fingerprint density at radius 1 is 1.13 bits per heavy atom. The Bertz CT molecular complexity index is 544. The normalized spacial score (nSPS) is 19.9. The quantitative estimate of drug-likeness (QED) is 0.872. The first kappa shape index (κ1) is 16.2. The van der Waals surface area contributed by atoms with Crippen molar-refractivity contribution in [1.82, 2.24) is 4.90 Å². The van der Waals surface area contributed by atoms with E-state index in [4.69, 9.17) is 5.73 Å². The van der Waals surface area contributed by atoms with Gasteiger partial charge in [0.05, 0.1) is 0 Å². The molecule has 2 N–H and O–H groups in total. The molecule has 1 saturated carbocycles. The molecular weight excluding hydrogens is 286 g/mol. The Balaban J connectivity index is 1.57. The minimum atomic E-state index is 0.287. The van der Waals surface area contributed by atoms with E-state index < -0.39 is 0 Å². The Morgan fingerprint density at radius 2 is 1.83 bits per heavy atom. The molecule has 23 heavy (non-hydrogen) atoms. The van der Waals surface area contributed by atoms with Gasteiger partial charge in [-0.05, 0) is 37.0 Å². The number of nitrogens with two attached hydrogens (primary N) is 1. The van der Waals surface area contributed by atoms with Crippen molar-refractivity contribution >= 4 is 17.3 Å². The fraction of sp³-hybridized carbons (Fsp3) is 0.632. The van der Waals surface area contributed by atoms with Crippen molar-refractivity contribution in [2.45, 2.75) is 45.4 Å². The smallest absolute Gasteiger partial charge is 0.225 e. The number of rotatable bonds is 3. The molecule has 1 aromatic carbocycles. The third-order valence-corrected chi connectivity index (χ3v) is 5.42. The largest absolute Gasteiger partial charge is 0.398 e. The van der Waals surface area contributed by atoms with E-state index >= 15 is 0 Å². The van der Waals surface area contributed by atoms with Crippen LogP contribution in [0.1, 0.15) is 44.6 Å². The summed E-state index contributed by atoms with van der Waals surface area (Å²) in [4.78, 5) is 17.0. The SMILES string of the molecule is CCc1ccc(N2CCN(C(=O)C3CCCCC3)CC2)cc1N. The summed E-state index contributed by atoms with van der Waals surface area (Å²) >= 11 is 0. The molecule has 0 aromatic heterocycles. The number of hydrogen-bond acceptors (Lipinski definition) is 3. The Kier molecular flexibility index (Phi) is 5.09. The molecule has 1 aromatic rings. The highest BCUT2D eigenvalue weighted by Gasteiger charge is 2.28. The van der Waals surface area contributed by atoms with E-state index in [2.05, 4.69) is 34.9 Å². The van der Waals surface area contributed by atoms with E-state index in [1.807, 2.05) is 0 Å². The van der Waals surface area contributed by atoms with Crippen LogP contribution in [-0.4, -0.2) is 37.0 Å². The molecule has 4 heteroatoms. The summed E-state index contributed by atoms with van der Waals surface area (Å²) in [6, 6.07) is 6.37. The number of carbonyl (C=O) groups is 1. The van der Waals surface area contributed by atoms with Crippen molar-refractivity contribution < 1.29 is 4.79 Å². The molecule has 0 spiro atoms. The second-order valence-corrected chi connectivity index (χ2v) is 6.88. The van der Waals surface area contributed by atoms with E-state index in [0.717, 1.165) is 51.1 Å². The van der Waals surface area contributed by atoms with E-state index in [0.29, 0.717) is 5.91 Å². The third-order valence-electron chi connectivity index (χ3n) is 5.42. The Hall–Kier alpha value is -1.71. The lowest BCUT2D eigenvalue weighted by Gasteiger charge is -2.38. The van der Waals surface area contributed by atoms with Crippen LogP contribution in [0.3, 0.4) is 0 Å². The molecule has 2 fully saturated rings. The lowest BCUT2D eigenvalue weighted by atomic mass is 9.88. The number of nitrogen functional groups attached to an aromatic ring is 1. The minimum Gasteiger partial charge on any atom is -0.398 e. The molecule has 2 aliphatic rings. The van der Waals surface area contributed by atoms with Gasteiger partial charge in [0.15, 0.2) is 0 Å². The minimum absolute atomic E-state index is 0.287. The molecule has 1 aliphatic heterocycles. The van der Waals surface area contributed by atoms with Crippen molar-refractivity contribution in [2.75, 3.05) is 36.8 Å². The van der Waals surface area contributed by atoms with Crippen LogP contribution in [0.15, 0.2) is 18.2 Å². The van der Waals surface area contributed by atoms with Gasteiger partial charge in [-0.25, -0.2) is 0 Å². The van der Waals surface area contributed by atoms with Gasteiger partial charge in [0.1, 0.15) is 0 Å². The zero-order valence-electron chi connectivity index (χ0n) is 14.3. The first-order chi connectivity index (χ1) is 11.2. The van der Waals surface area contributed by atoms with Crippen molar-refractivity contribution in [2.24, 2.45) is 5.92 Å². The highest BCUT2D eigenvalue weighted by atomic mass is 16.2. The molecule has 1 aliphatic carbocycles. The van der Waals surface area contributed by atoms with E-state index in [-0.39, 0.29) is 5.92 Å². The number of carbonyl (C=O) groups excluding carboxylic acids is 1. The highest BCUT2D eigenvalue weighted by molar-refractivity contribution is 5.79. The zero-order chi connectivity index (χ0) is 16.2. The van der Waals surface area contributed by atoms with Gasteiger partial charge in [-0.3, -0.25) is 4.79 Å². The number of piperazine rings is 1. The Labute approximate surface area is 139 Å². The van der Waals surface area contributed by atoms with Gasteiger partial charge in [-0.2, -0.15) is 0 Å². The zero-order valence-corrected chi connectivity index (χ0v) is 14.3. The van der Waals surface area contributed by atoms with Crippen LogP contribution in [0, 0.1) is 5.92 Å². The molecule has 0 bridgehead atoms. The molecule has 3 rings (SSSR count). The maximum absolute atomic E-state index is 12.6. The first-order valence-electron chi connectivity index (χ1n) is 9.11. The van der Waals surface area contributed by atoms with Gasteiger partial charge < -0.3 is 15.5 Å². The summed E-state index contributed by atoms with van der Waals surface area (Å²) in [5.74, 6) is 0.681. The predicted molar refractivity (Wildman–Crippen MR) is 95.6 cm³/mol.